The van der Waals surface area contributed by atoms with E-state index in [4.69, 9.17) is 9.05 Å². The molecule has 0 atom stereocenters. The summed E-state index contributed by atoms with van der Waals surface area (Å²) in [4.78, 5) is 19.5. The van der Waals surface area contributed by atoms with Crippen LogP contribution in [0.15, 0.2) is 74.8 Å². The number of nitro benzene ring substituents is 1. The number of furan rings is 1. The molecule has 5 rings (SSSR count). The van der Waals surface area contributed by atoms with E-state index < -0.39 is 4.92 Å². The van der Waals surface area contributed by atoms with Gasteiger partial charge in [-0.15, -0.1) is 0 Å². The maximum absolute atomic E-state index is 11.3. The second-order valence-electron chi connectivity index (χ2n) is 7.29. The second kappa shape index (κ2) is 9.27. The van der Waals surface area contributed by atoms with E-state index in [1.54, 1.807) is 30.3 Å². The number of para-hydroxylation sites is 1. The van der Waals surface area contributed by atoms with Gasteiger partial charge in [0.25, 0.3) is 5.69 Å². The number of rotatable bonds is 8. The molecule has 0 unspecified atom stereocenters. The normalized spacial score (nSPS) is 11.1. The highest BCUT2D eigenvalue weighted by Crippen LogP contribution is 2.30. The molecule has 0 fully saturated rings. The summed E-state index contributed by atoms with van der Waals surface area (Å²) in [5, 5.41) is 22.8. The fourth-order valence-corrected chi connectivity index (χ4v) is 3.14. The number of benzene rings is 2. The van der Waals surface area contributed by atoms with Gasteiger partial charge < -0.3 is 4.42 Å². The highest BCUT2D eigenvalue weighted by atomic mass is 16.6. The summed E-state index contributed by atoms with van der Waals surface area (Å²) in [7, 11) is 0. The van der Waals surface area contributed by atoms with Gasteiger partial charge in [0.1, 0.15) is 11.5 Å². The van der Waals surface area contributed by atoms with E-state index in [1.807, 2.05) is 31.2 Å². The summed E-state index contributed by atoms with van der Waals surface area (Å²) in [5.41, 5.74) is 11.4. The number of hydrogen-bond donors (Lipinski definition) is 3. The van der Waals surface area contributed by atoms with E-state index in [0.717, 1.165) is 11.3 Å². The molecule has 5 aromatic rings. The molecule has 0 saturated carbocycles. The number of aromatic nitrogens is 4. The molecule has 0 aliphatic heterocycles. The Labute approximate surface area is 197 Å². The average molecular weight is 471 g/mol. The molecule has 0 bridgehead atoms. The number of anilines is 3. The quantitative estimate of drug-likeness (QED) is 0.167. The first-order valence-corrected chi connectivity index (χ1v) is 10.3. The average Bonchev–Trinajstić information content (AvgIpc) is 3.53. The van der Waals surface area contributed by atoms with Crippen LogP contribution in [0.3, 0.4) is 0 Å². The van der Waals surface area contributed by atoms with Crippen molar-refractivity contribution in [1.82, 2.24) is 20.3 Å². The van der Waals surface area contributed by atoms with Crippen molar-refractivity contribution in [3.05, 3.63) is 82.1 Å². The Balaban J connectivity index is 1.34. The molecule has 0 radical (unpaired) electrons. The van der Waals surface area contributed by atoms with Gasteiger partial charge in [-0.1, -0.05) is 29.8 Å². The maximum Gasteiger partial charge on any atom is 0.280 e. The van der Waals surface area contributed by atoms with Crippen LogP contribution >= 0.6 is 0 Å². The lowest BCUT2D eigenvalue weighted by molar-refractivity contribution is -0.384. The number of aryl methyl sites for hydroxylation is 1. The number of nitro groups is 1. The second-order valence-corrected chi connectivity index (χ2v) is 7.29. The molecule has 0 saturated heterocycles. The number of hydrazine groups is 1. The molecular formula is C22H17N9O4. The summed E-state index contributed by atoms with van der Waals surface area (Å²) in [6, 6.07) is 17.3. The fourth-order valence-electron chi connectivity index (χ4n) is 3.14. The molecule has 3 aromatic heterocycles. The van der Waals surface area contributed by atoms with Crippen molar-refractivity contribution in [3.8, 4) is 11.3 Å². The predicted molar refractivity (Wildman–Crippen MR) is 128 cm³/mol. The van der Waals surface area contributed by atoms with Crippen molar-refractivity contribution in [3.63, 3.8) is 0 Å². The molecule has 0 aliphatic rings. The molecule has 35 heavy (non-hydrogen) atoms. The molecule has 0 spiro atoms. The van der Waals surface area contributed by atoms with Gasteiger partial charge in [0.05, 0.1) is 22.4 Å². The Hall–Kier alpha value is -5.33. The summed E-state index contributed by atoms with van der Waals surface area (Å²) in [6.45, 7) is 2.00. The van der Waals surface area contributed by atoms with Crippen molar-refractivity contribution >= 4 is 40.5 Å². The fraction of sp³-hybridized carbons (Fsp3) is 0.0455. The van der Waals surface area contributed by atoms with E-state index >= 15 is 0 Å². The minimum absolute atomic E-state index is 0.0509. The lowest BCUT2D eigenvalue weighted by Crippen LogP contribution is -2.13. The molecule has 0 amide bonds. The van der Waals surface area contributed by atoms with Gasteiger partial charge in [0.15, 0.2) is 11.6 Å². The lowest BCUT2D eigenvalue weighted by atomic mass is 10.1. The molecule has 174 valence electrons. The Morgan fingerprint density at radius 2 is 1.69 bits per heavy atom. The Morgan fingerprint density at radius 3 is 2.46 bits per heavy atom. The van der Waals surface area contributed by atoms with Crippen molar-refractivity contribution in [2.75, 3.05) is 16.3 Å². The van der Waals surface area contributed by atoms with Crippen molar-refractivity contribution in [2.24, 2.45) is 5.10 Å². The molecule has 3 N–H and O–H groups in total. The molecular weight excluding hydrogens is 454 g/mol. The lowest BCUT2D eigenvalue weighted by Gasteiger charge is -2.11. The first-order chi connectivity index (χ1) is 17.1. The van der Waals surface area contributed by atoms with E-state index in [9.17, 15) is 10.1 Å². The standard InChI is InChI=1S/C22H17N9O4/c1-13-6-8-14(9-7-13)26-28-20-19(24-21-22(25-20)30-35-29-21)27-23-12-15-10-11-18(34-15)16-4-2-3-5-17(16)31(32)33/h2-12,26H,1H3,(H,24,27,29)(H,25,28,30)/b23-12+. The van der Waals surface area contributed by atoms with Crippen LogP contribution in [-0.2, 0) is 0 Å². The van der Waals surface area contributed by atoms with E-state index in [1.165, 1.54) is 12.3 Å². The molecule has 2 aromatic carbocycles. The highest BCUT2D eigenvalue weighted by Gasteiger charge is 2.17. The Kier molecular flexibility index (Phi) is 5.70. The van der Waals surface area contributed by atoms with Crippen molar-refractivity contribution in [2.45, 2.75) is 6.92 Å². The van der Waals surface area contributed by atoms with E-state index in [0.29, 0.717) is 22.9 Å². The van der Waals surface area contributed by atoms with Crippen molar-refractivity contribution < 1.29 is 14.0 Å². The molecule has 13 nitrogen and oxygen atoms in total. The summed E-state index contributed by atoms with van der Waals surface area (Å²) in [6.07, 6.45) is 1.41. The zero-order chi connectivity index (χ0) is 24.2. The monoisotopic (exact) mass is 471 g/mol. The van der Waals surface area contributed by atoms with E-state index in [2.05, 4.69) is 41.7 Å². The summed E-state index contributed by atoms with van der Waals surface area (Å²) in [5.74, 6) is 1.26. The summed E-state index contributed by atoms with van der Waals surface area (Å²) >= 11 is 0. The van der Waals surface area contributed by atoms with Crippen LogP contribution in [0.2, 0.25) is 0 Å². The largest absolute Gasteiger partial charge is 0.455 e. The SMILES string of the molecule is Cc1ccc(NNc2nc3nonc3nc2N/N=C/c2ccc(-c3ccccc3[N+](=O)[O-])o2)cc1. The van der Waals surface area contributed by atoms with Gasteiger partial charge >= 0.3 is 0 Å². The third kappa shape index (κ3) is 4.73. The zero-order valence-electron chi connectivity index (χ0n) is 18.2. The molecule has 3 heterocycles. The highest BCUT2D eigenvalue weighted by molar-refractivity contribution is 5.80. The van der Waals surface area contributed by atoms with E-state index in [-0.39, 0.29) is 22.8 Å². The third-order valence-electron chi connectivity index (χ3n) is 4.85. The van der Waals surface area contributed by atoms with Gasteiger partial charge in [0, 0.05) is 6.07 Å². The van der Waals surface area contributed by atoms with Crippen LogP contribution in [0.5, 0.6) is 0 Å². The van der Waals surface area contributed by atoms with Crippen LogP contribution in [0.4, 0.5) is 23.0 Å². The predicted octanol–water partition coefficient (Wildman–Crippen LogP) is 4.37. The molecule has 0 aliphatic carbocycles. The van der Waals surface area contributed by atoms with Crippen LogP contribution < -0.4 is 16.3 Å². The first kappa shape index (κ1) is 21.5. The van der Waals surface area contributed by atoms with Gasteiger partial charge in [-0.3, -0.25) is 26.4 Å². The first-order valence-electron chi connectivity index (χ1n) is 10.3. The van der Waals surface area contributed by atoms with Crippen molar-refractivity contribution in [1.29, 1.82) is 0 Å². The van der Waals surface area contributed by atoms with Crippen LogP contribution in [0.25, 0.3) is 22.6 Å². The van der Waals surface area contributed by atoms with Gasteiger partial charge in [-0.25, -0.2) is 4.63 Å². The number of nitrogens with one attached hydrogen (secondary N) is 3. The molecule has 13 heteroatoms. The number of hydrazone groups is 1. The number of fused-ring (bicyclic) bond motifs is 1. The summed E-state index contributed by atoms with van der Waals surface area (Å²) < 4.78 is 10.4. The van der Waals surface area contributed by atoms with Gasteiger partial charge in [0.2, 0.25) is 11.3 Å². The number of hydrogen-bond acceptors (Lipinski definition) is 12. The topological polar surface area (TPSA) is 169 Å². The maximum atomic E-state index is 11.3. The van der Waals surface area contributed by atoms with Crippen LogP contribution in [0, 0.1) is 17.0 Å². The third-order valence-corrected chi connectivity index (χ3v) is 4.85. The number of nitrogens with zero attached hydrogens (tertiary/aromatic N) is 6. The Morgan fingerprint density at radius 1 is 0.943 bits per heavy atom. The minimum atomic E-state index is -0.458. The van der Waals surface area contributed by atoms with Gasteiger partial charge in [-0.05, 0) is 47.6 Å². The Bertz CT molecular complexity index is 1530. The smallest absolute Gasteiger partial charge is 0.280 e. The van der Waals surface area contributed by atoms with Gasteiger partial charge in [-0.2, -0.15) is 15.1 Å². The zero-order valence-corrected chi connectivity index (χ0v) is 18.2. The van der Waals surface area contributed by atoms with Crippen LogP contribution in [0.1, 0.15) is 11.3 Å². The van der Waals surface area contributed by atoms with Crippen LogP contribution in [-0.4, -0.2) is 31.4 Å². The minimum Gasteiger partial charge on any atom is -0.455 e.